The zero-order valence-corrected chi connectivity index (χ0v) is 10.7. The highest BCUT2D eigenvalue weighted by Gasteiger charge is 2.09. The van der Waals surface area contributed by atoms with Crippen LogP contribution in [0.1, 0.15) is 12.0 Å². The molecule has 7 heteroatoms. The molecule has 0 aliphatic heterocycles. The van der Waals surface area contributed by atoms with Crippen molar-refractivity contribution >= 4 is 17.6 Å². The Kier molecular flexibility index (Phi) is 4.43. The monoisotopic (exact) mass is 274 g/mol. The number of carboxylic acid groups (broad SMARTS) is 1. The third kappa shape index (κ3) is 3.91. The first-order valence-electron chi connectivity index (χ1n) is 6.07. The number of hydrogen-bond donors (Lipinski definition) is 2. The number of nitrogens with one attached hydrogen (secondary N) is 1. The molecule has 1 heterocycles. The SMILES string of the molecule is O=C(O)Cc1ccccc1NC(=O)CCn1cncn1. The first-order valence-corrected chi connectivity index (χ1v) is 6.07. The molecule has 0 spiro atoms. The molecule has 1 aromatic carbocycles. The number of anilines is 1. The molecule has 20 heavy (non-hydrogen) atoms. The average Bonchev–Trinajstić information content (AvgIpc) is 2.91. The summed E-state index contributed by atoms with van der Waals surface area (Å²) in [6.45, 7) is 0.424. The highest BCUT2D eigenvalue weighted by atomic mass is 16.4. The number of carbonyl (C=O) groups is 2. The fourth-order valence-electron chi connectivity index (χ4n) is 1.74. The molecule has 104 valence electrons. The van der Waals surface area contributed by atoms with Gasteiger partial charge < -0.3 is 10.4 Å². The number of amides is 1. The van der Waals surface area contributed by atoms with Gasteiger partial charge in [0.05, 0.1) is 13.0 Å². The molecular weight excluding hydrogens is 260 g/mol. The molecule has 0 unspecified atom stereocenters. The molecule has 0 fully saturated rings. The fraction of sp³-hybridized carbons (Fsp3) is 0.231. The minimum Gasteiger partial charge on any atom is -0.481 e. The van der Waals surface area contributed by atoms with Gasteiger partial charge in [0.15, 0.2) is 0 Å². The van der Waals surface area contributed by atoms with E-state index in [1.165, 1.54) is 12.7 Å². The molecule has 0 radical (unpaired) electrons. The number of para-hydroxylation sites is 1. The van der Waals surface area contributed by atoms with Crippen molar-refractivity contribution in [1.29, 1.82) is 0 Å². The summed E-state index contributed by atoms with van der Waals surface area (Å²) >= 11 is 0. The maximum atomic E-state index is 11.8. The van der Waals surface area contributed by atoms with E-state index < -0.39 is 5.97 Å². The Hall–Kier alpha value is -2.70. The quantitative estimate of drug-likeness (QED) is 0.816. The van der Waals surface area contributed by atoms with Crippen LogP contribution in [0, 0.1) is 0 Å². The van der Waals surface area contributed by atoms with Crippen LogP contribution in [0.5, 0.6) is 0 Å². The average molecular weight is 274 g/mol. The van der Waals surface area contributed by atoms with Crippen LogP contribution in [0.3, 0.4) is 0 Å². The Morgan fingerprint density at radius 1 is 1.30 bits per heavy atom. The maximum Gasteiger partial charge on any atom is 0.307 e. The number of hydrogen-bond acceptors (Lipinski definition) is 4. The van der Waals surface area contributed by atoms with Crippen molar-refractivity contribution in [3.05, 3.63) is 42.5 Å². The summed E-state index contributed by atoms with van der Waals surface area (Å²) in [7, 11) is 0. The summed E-state index contributed by atoms with van der Waals surface area (Å²) in [5, 5.41) is 15.4. The number of aromatic nitrogens is 3. The lowest BCUT2D eigenvalue weighted by molar-refractivity contribution is -0.136. The van der Waals surface area contributed by atoms with Crippen molar-refractivity contribution in [2.75, 3.05) is 5.32 Å². The number of rotatable bonds is 6. The second-order valence-corrected chi connectivity index (χ2v) is 4.18. The smallest absolute Gasteiger partial charge is 0.307 e. The van der Waals surface area contributed by atoms with Crippen molar-refractivity contribution < 1.29 is 14.7 Å². The van der Waals surface area contributed by atoms with Crippen molar-refractivity contribution in [3.63, 3.8) is 0 Å². The van der Waals surface area contributed by atoms with E-state index in [9.17, 15) is 9.59 Å². The Balaban J connectivity index is 1.95. The third-order valence-electron chi connectivity index (χ3n) is 2.67. The molecule has 7 nitrogen and oxygen atoms in total. The normalized spacial score (nSPS) is 10.2. The van der Waals surface area contributed by atoms with Crippen molar-refractivity contribution in [1.82, 2.24) is 14.8 Å². The number of aryl methyl sites for hydroxylation is 1. The van der Waals surface area contributed by atoms with Gasteiger partial charge >= 0.3 is 5.97 Å². The largest absolute Gasteiger partial charge is 0.481 e. The Bertz CT molecular complexity index is 595. The van der Waals surface area contributed by atoms with E-state index >= 15 is 0 Å². The van der Waals surface area contributed by atoms with Crippen molar-refractivity contribution in [3.8, 4) is 0 Å². The molecule has 0 saturated heterocycles. The van der Waals surface area contributed by atoms with Gasteiger partial charge in [-0.05, 0) is 11.6 Å². The lowest BCUT2D eigenvalue weighted by atomic mass is 10.1. The van der Waals surface area contributed by atoms with Crippen molar-refractivity contribution in [2.24, 2.45) is 0 Å². The van der Waals surface area contributed by atoms with Crippen molar-refractivity contribution in [2.45, 2.75) is 19.4 Å². The molecule has 0 saturated carbocycles. The number of carboxylic acids is 1. The number of benzene rings is 1. The van der Waals surface area contributed by atoms with Gasteiger partial charge in [-0.2, -0.15) is 5.10 Å². The Morgan fingerprint density at radius 2 is 2.10 bits per heavy atom. The fourth-order valence-corrected chi connectivity index (χ4v) is 1.74. The second kappa shape index (κ2) is 6.46. The van der Waals surface area contributed by atoms with Crippen LogP contribution in [-0.4, -0.2) is 31.7 Å². The van der Waals surface area contributed by atoms with E-state index in [1.807, 2.05) is 0 Å². The van der Waals surface area contributed by atoms with Gasteiger partial charge in [0.1, 0.15) is 12.7 Å². The predicted molar refractivity (Wildman–Crippen MR) is 71.1 cm³/mol. The maximum absolute atomic E-state index is 11.8. The minimum absolute atomic E-state index is 0.125. The van der Waals surface area contributed by atoms with Gasteiger partial charge in [0.2, 0.25) is 5.91 Å². The lowest BCUT2D eigenvalue weighted by Crippen LogP contribution is -2.16. The van der Waals surface area contributed by atoms with E-state index in [1.54, 1.807) is 28.9 Å². The summed E-state index contributed by atoms with van der Waals surface area (Å²) in [6, 6.07) is 6.86. The van der Waals surface area contributed by atoms with Gasteiger partial charge in [-0.15, -0.1) is 0 Å². The van der Waals surface area contributed by atoms with E-state index in [0.29, 0.717) is 17.8 Å². The molecule has 2 aromatic rings. The van der Waals surface area contributed by atoms with E-state index in [2.05, 4.69) is 15.4 Å². The highest BCUT2D eigenvalue weighted by molar-refractivity contribution is 5.92. The van der Waals surface area contributed by atoms with Gasteiger partial charge in [-0.1, -0.05) is 18.2 Å². The molecule has 0 bridgehead atoms. The van der Waals surface area contributed by atoms with E-state index in [0.717, 1.165) is 0 Å². The summed E-state index contributed by atoms with van der Waals surface area (Å²) in [5.41, 5.74) is 1.10. The van der Waals surface area contributed by atoms with Crippen LogP contribution in [0.25, 0.3) is 0 Å². The molecule has 1 amide bonds. The minimum atomic E-state index is -0.936. The zero-order valence-electron chi connectivity index (χ0n) is 10.7. The van der Waals surface area contributed by atoms with Crippen LogP contribution < -0.4 is 5.32 Å². The molecule has 0 aliphatic carbocycles. The number of aliphatic carboxylic acids is 1. The summed E-state index contributed by atoms with van der Waals surface area (Å²) in [5.74, 6) is -1.13. The van der Waals surface area contributed by atoms with Crippen LogP contribution in [-0.2, 0) is 22.6 Å². The molecule has 2 N–H and O–H groups in total. The summed E-state index contributed by atoms with van der Waals surface area (Å²) in [4.78, 5) is 26.4. The zero-order chi connectivity index (χ0) is 14.4. The highest BCUT2D eigenvalue weighted by Crippen LogP contribution is 2.16. The standard InChI is InChI=1S/C13H14N4O3/c18-12(5-6-17-9-14-8-15-17)16-11-4-2-1-3-10(11)7-13(19)20/h1-4,8-9H,5-7H2,(H,16,18)(H,19,20). The summed E-state index contributed by atoms with van der Waals surface area (Å²) < 4.78 is 1.56. The van der Waals surface area contributed by atoms with Crippen LogP contribution >= 0.6 is 0 Å². The lowest BCUT2D eigenvalue weighted by Gasteiger charge is -2.09. The van der Waals surface area contributed by atoms with Gasteiger partial charge in [0, 0.05) is 12.1 Å². The molecule has 1 aromatic heterocycles. The molecule has 0 atom stereocenters. The topological polar surface area (TPSA) is 97.1 Å². The third-order valence-corrected chi connectivity index (χ3v) is 2.67. The van der Waals surface area contributed by atoms with Gasteiger partial charge in [-0.3, -0.25) is 14.3 Å². The first-order chi connectivity index (χ1) is 9.65. The van der Waals surface area contributed by atoms with Gasteiger partial charge in [-0.25, -0.2) is 4.98 Å². The summed E-state index contributed by atoms with van der Waals surface area (Å²) in [6.07, 6.45) is 3.05. The Morgan fingerprint density at radius 3 is 2.80 bits per heavy atom. The number of carbonyl (C=O) groups excluding carboxylic acids is 1. The van der Waals surface area contributed by atoms with Crippen LogP contribution in [0.2, 0.25) is 0 Å². The predicted octanol–water partition coefficient (Wildman–Crippen LogP) is 0.934. The van der Waals surface area contributed by atoms with Crippen LogP contribution in [0.15, 0.2) is 36.9 Å². The Labute approximate surface area is 115 Å². The molecule has 0 aliphatic rings. The van der Waals surface area contributed by atoms with E-state index in [-0.39, 0.29) is 18.7 Å². The molecular formula is C13H14N4O3. The van der Waals surface area contributed by atoms with E-state index in [4.69, 9.17) is 5.11 Å². The first kappa shape index (κ1) is 13.7. The van der Waals surface area contributed by atoms with Gasteiger partial charge in [0.25, 0.3) is 0 Å². The second-order valence-electron chi connectivity index (χ2n) is 4.18. The molecule has 2 rings (SSSR count). The van der Waals surface area contributed by atoms with Crippen LogP contribution in [0.4, 0.5) is 5.69 Å². The number of nitrogens with zero attached hydrogens (tertiary/aromatic N) is 3.